The summed E-state index contributed by atoms with van der Waals surface area (Å²) in [4.78, 5) is 0. The molecule has 0 bridgehead atoms. The zero-order chi connectivity index (χ0) is 12.0. The minimum absolute atomic E-state index is 0.164. The highest BCUT2D eigenvalue weighted by Gasteiger charge is 2.07. The standard InChI is InChI=1S/C13H20FNO/c1-10-8-12(14)6-4-11(10)5-7-13(15-2)9-16-3/h4,6,8,13,15H,5,7,9H2,1-3H3. The second-order valence-electron chi connectivity index (χ2n) is 4.05. The second-order valence-corrected chi connectivity index (χ2v) is 4.05. The normalized spacial score (nSPS) is 12.8. The molecule has 1 aromatic carbocycles. The number of hydrogen-bond donors (Lipinski definition) is 1. The van der Waals surface area contributed by atoms with Crippen LogP contribution in [0.3, 0.4) is 0 Å². The van der Waals surface area contributed by atoms with Crippen LogP contribution in [0.25, 0.3) is 0 Å². The number of nitrogens with one attached hydrogen (secondary N) is 1. The average Bonchev–Trinajstić information content (AvgIpc) is 2.26. The minimum Gasteiger partial charge on any atom is -0.383 e. The Kier molecular flexibility index (Phi) is 5.43. The maximum atomic E-state index is 12.9. The molecule has 0 saturated heterocycles. The largest absolute Gasteiger partial charge is 0.383 e. The number of rotatable bonds is 6. The van der Waals surface area contributed by atoms with E-state index in [2.05, 4.69) is 5.32 Å². The van der Waals surface area contributed by atoms with Gasteiger partial charge in [0.2, 0.25) is 0 Å². The number of benzene rings is 1. The van der Waals surface area contributed by atoms with Crippen molar-refractivity contribution in [3.8, 4) is 0 Å². The molecular weight excluding hydrogens is 205 g/mol. The van der Waals surface area contributed by atoms with Crippen molar-refractivity contribution in [2.24, 2.45) is 0 Å². The molecule has 0 aliphatic heterocycles. The Morgan fingerprint density at radius 3 is 2.75 bits per heavy atom. The lowest BCUT2D eigenvalue weighted by molar-refractivity contribution is 0.166. The highest BCUT2D eigenvalue weighted by Crippen LogP contribution is 2.13. The molecule has 0 saturated carbocycles. The minimum atomic E-state index is -0.164. The van der Waals surface area contributed by atoms with Gasteiger partial charge in [-0.3, -0.25) is 0 Å². The van der Waals surface area contributed by atoms with Gasteiger partial charge in [0, 0.05) is 13.2 Å². The first-order valence-electron chi connectivity index (χ1n) is 5.58. The van der Waals surface area contributed by atoms with Crippen LogP contribution in [0.1, 0.15) is 17.5 Å². The Hall–Kier alpha value is -0.930. The third-order valence-electron chi connectivity index (χ3n) is 2.84. The zero-order valence-electron chi connectivity index (χ0n) is 10.2. The second kappa shape index (κ2) is 6.61. The molecule has 0 aromatic heterocycles. The highest BCUT2D eigenvalue weighted by molar-refractivity contribution is 5.26. The van der Waals surface area contributed by atoms with Crippen LogP contribution in [-0.4, -0.2) is 26.8 Å². The van der Waals surface area contributed by atoms with Gasteiger partial charge in [0.1, 0.15) is 5.82 Å². The third-order valence-corrected chi connectivity index (χ3v) is 2.84. The van der Waals surface area contributed by atoms with Crippen molar-refractivity contribution >= 4 is 0 Å². The van der Waals surface area contributed by atoms with Gasteiger partial charge in [-0.25, -0.2) is 4.39 Å². The first kappa shape index (κ1) is 13.1. The lowest BCUT2D eigenvalue weighted by Gasteiger charge is -2.15. The lowest BCUT2D eigenvalue weighted by Crippen LogP contribution is -2.30. The number of ether oxygens (including phenoxy) is 1. The molecule has 1 atom stereocenters. The highest BCUT2D eigenvalue weighted by atomic mass is 19.1. The molecule has 3 heteroatoms. The van der Waals surface area contributed by atoms with Crippen LogP contribution < -0.4 is 5.32 Å². The molecule has 0 spiro atoms. The fourth-order valence-corrected chi connectivity index (χ4v) is 1.78. The molecule has 1 unspecified atom stereocenters. The predicted molar refractivity (Wildman–Crippen MR) is 64.2 cm³/mol. The van der Waals surface area contributed by atoms with Crippen LogP contribution >= 0.6 is 0 Å². The van der Waals surface area contributed by atoms with Gasteiger partial charge in [-0.05, 0) is 50.1 Å². The van der Waals surface area contributed by atoms with Crippen molar-refractivity contribution in [2.75, 3.05) is 20.8 Å². The summed E-state index contributed by atoms with van der Waals surface area (Å²) < 4.78 is 18.0. The van der Waals surface area contributed by atoms with Crippen molar-refractivity contribution < 1.29 is 9.13 Å². The fraction of sp³-hybridized carbons (Fsp3) is 0.538. The van der Waals surface area contributed by atoms with Crippen molar-refractivity contribution in [1.82, 2.24) is 5.32 Å². The molecule has 0 aliphatic carbocycles. The first-order valence-corrected chi connectivity index (χ1v) is 5.58. The Labute approximate surface area is 96.8 Å². The maximum absolute atomic E-state index is 12.9. The molecule has 0 aliphatic rings. The van der Waals surface area contributed by atoms with Crippen LogP contribution in [0, 0.1) is 12.7 Å². The summed E-state index contributed by atoms with van der Waals surface area (Å²) >= 11 is 0. The van der Waals surface area contributed by atoms with Crippen LogP contribution in [0.15, 0.2) is 18.2 Å². The molecule has 16 heavy (non-hydrogen) atoms. The smallest absolute Gasteiger partial charge is 0.123 e. The van der Waals surface area contributed by atoms with Gasteiger partial charge in [-0.1, -0.05) is 6.07 Å². The van der Waals surface area contributed by atoms with E-state index >= 15 is 0 Å². The van der Waals surface area contributed by atoms with Crippen molar-refractivity contribution in [1.29, 1.82) is 0 Å². The van der Waals surface area contributed by atoms with Crippen LogP contribution in [0.4, 0.5) is 4.39 Å². The van der Waals surface area contributed by atoms with E-state index in [-0.39, 0.29) is 5.82 Å². The van der Waals surface area contributed by atoms with E-state index in [0.29, 0.717) is 12.6 Å². The number of aryl methyl sites for hydroxylation is 2. The van der Waals surface area contributed by atoms with E-state index in [1.165, 1.54) is 11.6 Å². The van der Waals surface area contributed by atoms with Gasteiger partial charge < -0.3 is 10.1 Å². The molecule has 1 aromatic rings. The lowest BCUT2D eigenvalue weighted by atomic mass is 10.0. The first-order chi connectivity index (χ1) is 7.67. The average molecular weight is 225 g/mol. The van der Waals surface area contributed by atoms with Crippen LogP contribution in [-0.2, 0) is 11.2 Å². The molecule has 1 N–H and O–H groups in total. The number of likely N-dealkylation sites (N-methyl/N-ethyl adjacent to an activating group) is 1. The molecule has 0 heterocycles. The summed E-state index contributed by atoms with van der Waals surface area (Å²) in [5, 5.41) is 3.20. The predicted octanol–water partition coefficient (Wildman–Crippen LogP) is 2.30. The number of halogens is 1. The fourth-order valence-electron chi connectivity index (χ4n) is 1.78. The SMILES string of the molecule is CNC(CCc1ccc(F)cc1C)COC. The van der Waals surface area contributed by atoms with Crippen molar-refractivity contribution in [3.63, 3.8) is 0 Å². The molecular formula is C13H20FNO. The van der Waals surface area contributed by atoms with Gasteiger partial charge in [0.25, 0.3) is 0 Å². The summed E-state index contributed by atoms with van der Waals surface area (Å²) in [5.74, 6) is -0.164. The summed E-state index contributed by atoms with van der Waals surface area (Å²) in [6.07, 6.45) is 1.94. The zero-order valence-corrected chi connectivity index (χ0v) is 10.2. The molecule has 0 radical (unpaired) electrons. The van der Waals surface area contributed by atoms with E-state index in [1.54, 1.807) is 13.2 Å². The Bertz CT molecular complexity index is 328. The number of methoxy groups -OCH3 is 1. The summed E-state index contributed by atoms with van der Waals surface area (Å²) in [5.41, 5.74) is 2.23. The van der Waals surface area contributed by atoms with Gasteiger partial charge in [0.15, 0.2) is 0 Å². The van der Waals surface area contributed by atoms with E-state index in [0.717, 1.165) is 18.4 Å². The molecule has 2 nitrogen and oxygen atoms in total. The van der Waals surface area contributed by atoms with Gasteiger partial charge in [0.05, 0.1) is 6.61 Å². The van der Waals surface area contributed by atoms with Crippen LogP contribution in [0.5, 0.6) is 0 Å². The maximum Gasteiger partial charge on any atom is 0.123 e. The van der Waals surface area contributed by atoms with E-state index < -0.39 is 0 Å². The summed E-state index contributed by atoms with van der Waals surface area (Å²) in [6.45, 7) is 2.65. The molecule has 0 fully saturated rings. The van der Waals surface area contributed by atoms with Crippen molar-refractivity contribution in [3.05, 3.63) is 35.1 Å². The number of hydrogen-bond acceptors (Lipinski definition) is 2. The summed E-state index contributed by atoms with van der Waals surface area (Å²) in [6, 6.07) is 5.33. The Balaban J connectivity index is 2.53. The van der Waals surface area contributed by atoms with Crippen LogP contribution in [0.2, 0.25) is 0 Å². The van der Waals surface area contributed by atoms with E-state index in [1.807, 2.05) is 20.0 Å². The summed E-state index contributed by atoms with van der Waals surface area (Å²) in [7, 11) is 3.63. The van der Waals surface area contributed by atoms with Crippen molar-refractivity contribution in [2.45, 2.75) is 25.8 Å². The molecule has 90 valence electrons. The monoisotopic (exact) mass is 225 g/mol. The van der Waals surface area contributed by atoms with E-state index in [4.69, 9.17) is 4.74 Å². The molecule has 1 rings (SSSR count). The van der Waals surface area contributed by atoms with E-state index in [9.17, 15) is 4.39 Å². The van der Waals surface area contributed by atoms with Gasteiger partial charge in [-0.2, -0.15) is 0 Å². The van der Waals surface area contributed by atoms with Gasteiger partial charge >= 0.3 is 0 Å². The quantitative estimate of drug-likeness (QED) is 0.802. The Morgan fingerprint density at radius 2 is 2.19 bits per heavy atom. The third kappa shape index (κ3) is 3.91. The van der Waals surface area contributed by atoms with Gasteiger partial charge in [-0.15, -0.1) is 0 Å². The topological polar surface area (TPSA) is 21.3 Å². The molecule has 0 amide bonds. The Morgan fingerprint density at radius 1 is 1.44 bits per heavy atom.